The smallest absolute Gasteiger partial charge is 0.302 e. The molecule has 1 N–H and O–H groups in total. The summed E-state index contributed by atoms with van der Waals surface area (Å²) in [5.41, 5.74) is 1.24. The first-order valence-electron chi connectivity index (χ1n) is 11.1. The van der Waals surface area contributed by atoms with Crippen LogP contribution in [0.15, 0.2) is 30.3 Å². The largest absolute Gasteiger partial charge is 0.463 e. The van der Waals surface area contributed by atoms with Gasteiger partial charge in [0.1, 0.15) is 18.8 Å². The van der Waals surface area contributed by atoms with E-state index >= 15 is 0 Å². The number of carbonyl (C=O) groups is 3. The van der Waals surface area contributed by atoms with Crippen molar-refractivity contribution >= 4 is 23.9 Å². The predicted octanol–water partition coefficient (Wildman–Crippen LogP) is 4.60. The molecule has 6 heteroatoms. The molecular weight excluding hydrogens is 394 g/mol. The molecular formula is C25H37NO5. The number of allylic oxidation sites excluding steroid dienone is 1. The molecule has 1 aromatic rings. The average Bonchev–Trinajstić information content (AvgIpc) is 2.71. The second kappa shape index (κ2) is 14.4. The van der Waals surface area contributed by atoms with E-state index in [2.05, 4.69) is 36.5 Å². The molecule has 0 atom stereocenters. The molecule has 0 aromatic heterocycles. The summed E-state index contributed by atoms with van der Waals surface area (Å²) < 4.78 is 10.4. The van der Waals surface area contributed by atoms with Crippen LogP contribution in [0, 0.1) is 0 Å². The Labute approximate surface area is 186 Å². The van der Waals surface area contributed by atoms with Gasteiger partial charge in [0.05, 0.1) is 0 Å². The lowest BCUT2D eigenvalue weighted by molar-refractivity contribution is -0.150. The van der Waals surface area contributed by atoms with E-state index in [0.29, 0.717) is 12.8 Å². The average molecular weight is 432 g/mol. The molecule has 0 aliphatic carbocycles. The standard InChI is InChI=1S/C25H37NO5/c1-5-6-7-8-9-10-12-23-13-11-14-24(17-23)15-16-25(26-20(2)27,18-30-21(3)28)19-31-22(4)29/h10-14,17H,5-9,15-16,18-19H2,1-4H3,(H,26,27)/b12-10+. The van der Waals surface area contributed by atoms with Crippen molar-refractivity contribution in [2.75, 3.05) is 13.2 Å². The number of amides is 1. The van der Waals surface area contributed by atoms with Crippen molar-refractivity contribution in [3.8, 4) is 0 Å². The number of hydrogen-bond donors (Lipinski definition) is 1. The van der Waals surface area contributed by atoms with Crippen LogP contribution in [0.5, 0.6) is 0 Å². The number of esters is 2. The van der Waals surface area contributed by atoms with Gasteiger partial charge in [-0.3, -0.25) is 14.4 Å². The minimum absolute atomic E-state index is 0.0629. The highest BCUT2D eigenvalue weighted by Gasteiger charge is 2.34. The van der Waals surface area contributed by atoms with Gasteiger partial charge in [-0.05, 0) is 36.8 Å². The van der Waals surface area contributed by atoms with E-state index in [1.54, 1.807) is 0 Å². The number of unbranched alkanes of at least 4 members (excludes halogenated alkanes) is 4. The van der Waals surface area contributed by atoms with Gasteiger partial charge >= 0.3 is 11.9 Å². The summed E-state index contributed by atoms with van der Waals surface area (Å²) in [6.07, 6.45) is 11.5. The molecule has 6 nitrogen and oxygen atoms in total. The number of nitrogens with one attached hydrogen (secondary N) is 1. The minimum Gasteiger partial charge on any atom is -0.463 e. The molecule has 0 fully saturated rings. The fourth-order valence-electron chi connectivity index (χ4n) is 3.32. The number of benzene rings is 1. The molecule has 0 radical (unpaired) electrons. The van der Waals surface area contributed by atoms with Gasteiger partial charge in [0.25, 0.3) is 0 Å². The van der Waals surface area contributed by atoms with Crippen LogP contribution in [0.4, 0.5) is 0 Å². The summed E-state index contributed by atoms with van der Waals surface area (Å²) >= 11 is 0. The third-order valence-corrected chi connectivity index (χ3v) is 4.92. The Morgan fingerprint density at radius 1 is 1.00 bits per heavy atom. The second-order valence-corrected chi connectivity index (χ2v) is 8.02. The summed E-state index contributed by atoms with van der Waals surface area (Å²) in [7, 11) is 0. The van der Waals surface area contributed by atoms with E-state index in [4.69, 9.17) is 9.47 Å². The zero-order chi connectivity index (χ0) is 23.1. The Morgan fingerprint density at radius 3 is 2.26 bits per heavy atom. The molecule has 0 saturated heterocycles. The first-order chi connectivity index (χ1) is 14.8. The van der Waals surface area contributed by atoms with E-state index < -0.39 is 17.5 Å². The molecule has 0 heterocycles. The summed E-state index contributed by atoms with van der Waals surface area (Å²) in [5, 5.41) is 2.84. The molecule has 0 unspecified atom stereocenters. The number of rotatable bonds is 14. The number of aryl methyl sites for hydroxylation is 1. The molecule has 0 saturated carbocycles. The van der Waals surface area contributed by atoms with Crippen molar-refractivity contribution < 1.29 is 23.9 Å². The lowest BCUT2D eigenvalue weighted by Gasteiger charge is -2.33. The summed E-state index contributed by atoms with van der Waals surface area (Å²) in [4.78, 5) is 34.6. The van der Waals surface area contributed by atoms with E-state index in [9.17, 15) is 14.4 Å². The third kappa shape index (κ3) is 12.0. The zero-order valence-electron chi connectivity index (χ0n) is 19.4. The third-order valence-electron chi connectivity index (χ3n) is 4.92. The zero-order valence-corrected chi connectivity index (χ0v) is 19.4. The van der Waals surface area contributed by atoms with Crippen molar-refractivity contribution in [3.63, 3.8) is 0 Å². The van der Waals surface area contributed by atoms with Crippen LogP contribution < -0.4 is 5.32 Å². The lowest BCUT2D eigenvalue weighted by Crippen LogP contribution is -2.55. The highest BCUT2D eigenvalue weighted by molar-refractivity contribution is 5.74. The Bertz CT molecular complexity index is 723. The van der Waals surface area contributed by atoms with E-state index in [-0.39, 0.29) is 19.1 Å². The molecule has 0 bridgehead atoms. The SMILES string of the molecule is CCCCCC/C=C/c1cccc(CCC(COC(C)=O)(COC(C)=O)NC(C)=O)c1. The van der Waals surface area contributed by atoms with Gasteiger partial charge in [-0.25, -0.2) is 0 Å². The second-order valence-electron chi connectivity index (χ2n) is 8.02. The van der Waals surface area contributed by atoms with Gasteiger partial charge < -0.3 is 14.8 Å². The van der Waals surface area contributed by atoms with Gasteiger partial charge in [0.2, 0.25) is 5.91 Å². The van der Waals surface area contributed by atoms with Gasteiger partial charge in [0, 0.05) is 20.8 Å². The van der Waals surface area contributed by atoms with Crippen molar-refractivity contribution in [1.29, 1.82) is 0 Å². The Hall–Kier alpha value is -2.63. The highest BCUT2D eigenvalue weighted by atomic mass is 16.5. The first-order valence-corrected chi connectivity index (χ1v) is 11.1. The fourth-order valence-corrected chi connectivity index (χ4v) is 3.32. The van der Waals surface area contributed by atoms with E-state index in [1.807, 2.05) is 12.1 Å². The highest BCUT2D eigenvalue weighted by Crippen LogP contribution is 2.19. The number of carbonyl (C=O) groups excluding carboxylic acids is 3. The quantitative estimate of drug-likeness (QED) is 0.344. The van der Waals surface area contributed by atoms with Crippen molar-refractivity contribution in [3.05, 3.63) is 41.5 Å². The van der Waals surface area contributed by atoms with E-state index in [0.717, 1.165) is 17.5 Å². The molecule has 31 heavy (non-hydrogen) atoms. The van der Waals surface area contributed by atoms with Crippen molar-refractivity contribution in [2.24, 2.45) is 0 Å². The van der Waals surface area contributed by atoms with Crippen molar-refractivity contribution in [2.45, 2.75) is 78.2 Å². The van der Waals surface area contributed by atoms with Gasteiger partial charge in [-0.1, -0.05) is 62.6 Å². The maximum absolute atomic E-state index is 11.8. The molecule has 0 aliphatic rings. The van der Waals surface area contributed by atoms with E-state index in [1.165, 1.54) is 46.5 Å². The van der Waals surface area contributed by atoms with Crippen LogP contribution in [0.1, 0.15) is 77.3 Å². The summed E-state index contributed by atoms with van der Waals surface area (Å²) in [5.74, 6) is -1.19. The molecule has 1 aromatic carbocycles. The Morgan fingerprint density at radius 2 is 1.68 bits per heavy atom. The lowest BCUT2D eigenvalue weighted by atomic mass is 9.91. The molecule has 172 valence electrons. The summed E-state index contributed by atoms with van der Waals surface area (Å²) in [6, 6.07) is 8.20. The summed E-state index contributed by atoms with van der Waals surface area (Å²) in [6.45, 7) is 6.09. The minimum atomic E-state index is -0.978. The Kier molecular flexibility index (Phi) is 12.3. The van der Waals surface area contributed by atoms with Crippen LogP contribution in [-0.4, -0.2) is 36.6 Å². The maximum Gasteiger partial charge on any atom is 0.302 e. The van der Waals surface area contributed by atoms with Crippen LogP contribution in [-0.2, 0) is 30.3 Å². The van der Waals surface area contributed by atoms with Crippen LogP contribution in [0.2, 0.25) is 0 Å². The Balaban J connectivity index is 2.85. The van der Waals surface area contributed by atoms with Gasteiger partial charge in [-0.15, -0.1) is 0 Å². The maximum atomic E-state index is 11.8. The van der Waals surface area contributed by atoms with Crippen LogP contribution in [0.25, 0.3) is 6.08 Å². The predicted molar refractivity (Wildman–Crippen MR) is 122 cm³/mol. The molecule has 1 rings (SSSR count). The van der Waals surface area contributed by atoms with Gasteiger partial charge in [-0.2, -0.15) is 0 Å². The normalized spacial score (nSPS) is 11.4. The number of ether oxygens (including phenoxy) is 2. The van der Waals surface area contributed by atoms with Crippen LogP contribution >= 0.6 is 0 Å². The monoisotopic (exact) mass is 431 g/mol. The van der Waals surface area contributed by atoms with Crippen molar-refractivity contribution in [1.82, 2.24) is 5.32 Å². The molecule has 0 spiro atoms. The molecule has 1 amide bonds. The van der Waals surface area contributed by atoms with Gasteiger partial charge in [0.15, 0.2) is 0 Å². The first kappa shape index (κ1) is 26.4. The molecule has 0 aliphatic heterocycles. The topological polar surface area (TPSA) is 81.7 Å². The fraction of sp³-hybridized carbons (Fsp3) is 0.560. The number of hydrogen-bond acceptors (Lipinski definition) is 5. The van der Waals surface area contributed by atoms with Crippen LogP contribution in [0.3, 0.4) is 0 Å².